The summed E-state index contributed by atoms with van der Waals surface area (Å²) in [5.74, 6) is 1.61. The minimum atomic E-state index is -0.142. The maximum atomic E-state index is 12.7. The second kappa shape index (κ2) is 5.77. The topological polar surface area (TPSA) is 84.2 Å². The number of benzene rings is 1. The molecule has 0 bridgehead atoms. The molecule has 1 aliphatic heterocycles. The van der Waals surface area contributed by atoms with Crippen LogP contribution in [0.15, 0.2) is 47.2 Å². The third-order valence-corrected chi connectivity index (χ3v) is 3.89. The Bertz CT molecular complexity index is 888. The first-order chi connectivity index (χ1) is 11.7. The van der Waals surface area contributed by atoms with E-state index in [0.717, 1.165) is 12.1 Å². The van der Waals surface area contributed by atoms with Gasteiger partial charge in [0.1, 0.15) is 17.3 Å². The van der Waals surface area contributed by atoms with E-state index < -0.39 is 0 Å². The number of fused-ring (bicyclic) bond motifs is 1. The standard InChI is InChI=1S/C17H15N5O2/c1-11-8-15(21-24-11)20-16-10-18-13(9-19-16)17(23)22-7-6-12-4-2-3-5-14(12)22/h2-5,8-10H,6-7H2,1H3,(H,19,20,21). The lowest BCUT2D eigenvalue weighted by molar-refractivity contribution is 0.0984. The number of amides is 1. The molecule has 24 heavy (non-hydrogen) atoms. The third-order valence-electron chi connectivity index (χ3n) is 3.89. The zero-order valence-corrected chi connectivity index (χ0v) is 13.1. The van der Waals surface area contributed by atoms with Gasteiger partial charge in [-0.25, -0.2) is 9.97 Å². The smallest absolute Gasteiger partial charge is 0.278 e. The van der Waals surface area contributed by atoms with E-state index in [0.29, 0.717) is 29.6 Å². The molecule has 120 valence electrons. The van der Waals surface area contributed by atoms with Gasteiger partial charge in [0.2, 0.25) is 0 Å². The Labute approximate surface area is 138 Å². The quantitative estimate of drug-likeness (QED) is 0.798. The van der Waals surface area contributed by atoms with Crippen LogP contribution in [0.25, 0.3) is 0 Å². The number of carbonyl (C=O) groups is 1. The number of anilines is 3. The maximum absolute atomic E-state index is 12.7. The van der Waals surface area contributed by atoms with Gasteiger partial charge in [0.15, 0.2) is 5.82 Å². The summed E-state index contributed by atoms with van der Waals surface area (Å²) in [6.45, 7) is 2.47. The summed E-state index contributed by atoms with van der Waals surface area (Å²) in [4.78, 5) is 22.9. The summed E-state index contributed by atoms with van der Waals surface area (Å²) in [6, 6.07) is 9.67. The lowest BCUT2D eigenvalue weighted by atomic mass is 10.2. The summed E-state index contributed by atoms with van der Waals surface area (Å²) >= 11 is 0. The molecular weight excluding hydrogens is 306 g/mol. The van der Waals surface area contributed by atoms with Crippen LogP contribution in [0.2, 0.25) is 0 Å². The van der Waals surface area contributed by atoms with Crippen molar-refractivity contribution in [3.05, 3.63) is 59.7 Å². The van der Waals surface area contributed by atoms with Crippen LogP contribution >= 0.6 is 0 Å². The highest BCUT2D eigenvalue weighted by atomic mass is 16.5. The van der Waals surface area contributed by atoms with Gasteiger partial charge in [-0.05, 0) is 25.0 Å². The molecule has 0 atom stereocenters. The normalized spacial score (nSPS) is 13.0. The summed E-state index contributed by atoms with van der Waals surface area (Å²) in [7, 11) is 0. The molecule has 0 saturated carbocycles. The van der Waals surface area contributed by atoms with Crippen LogP contribution in [0.3, 0.4) is 0 Å². The average molecular weight is 321 g/mol. The lowest BCUT2D eigenvalue weighted by Crippen LogP contribution is -2.29. The molecule has 1 aromatic carbocycles. The zero-order valence-electron chi connectivity index (χ0n) is 13.1. The number of nitrogens with zero attached hydrogens (tertiary/aromatic N) is 4. The van der Waals surface area contributed by atoms with Crippen molar-refractivity contribution < 1.29 is 9.32 Å². The summed E-state index contributed by atoms with van der Waals surface area (Å²) in [6.07, 6.45) is 3.85. The Morgan fingerprint density at radius 2 is 2.08 bits per heavy atom. The van der Waals surface area contributed by atoms with E-state index in [1.165, 1.54) is 18.0 Å². The summed E-state index contributed by atoms with van der Waals surface area (Å²) < 4.78 is 4.98. The van der Waals surface area contributed by atoms with E-state index >= 15 is 0 Å². The monoisotopic (exact) mass is 321 g/mol. The molecule has 2 aromatic heterocycles. The van der Waals surface area contributed by atoms with Crippen molar-refractivity contribution >= 4 is 23.2 Å². The fourth-order valence-electron chi connectivity index (χ4n) is 2.75. The first-order valence-corrected chi connectivity index (χ1v) is 7.63. The molecule has 4 rings (SSSR count). The molecule has 0 saturated heterocycles. The number of hydrogen-bond donors (Lipinski definition) is 1. The van der Waals surface area contributed by atoms with Crippen molar-refractivity contribution in [3.63, 3.8) is 0 Å². The first kappa shape index (κ1) is 14.4. The van der Waals surface area contributed by atoms with Crippen LogP contribution in [0.5, 0.6) is 0 Å². The molecule has 0 radical (unpaired) electrons. The van der Waals surface area contributed by atoms with Gasteiger partial charge in [-0.15, -0.1) is 0 Å². The highest BCUT2D eigenvalue weighted by Crippen LogP contribution is 2.28. The number of nitrogens with one attached hydrogen (secondary N) is 1. The van der Waals surface area contributed by atoms with Crippen LogP contribution < -0.4 is 10.2 Å². The Hall–Kier alpha value is -3.22. The number of aryl methyl sites for hydroxylation is 1. The number of hydrogen-bond acceptors (Lipinski definition) is 6. The van der Waals surface area contributed by atoms with Gasteiger partial charge < -0.3 is 14.7 Å². The Kier molecular flexibility index (Phi) is 3.45. The molecule has 7 nitrogen and oxygen atoms in total. The predicted molar refractivity (Wildman–Crippen MR) is 88.4 cm³/mol. The molecule has 7 heteroatoms. The second-order valence-electron chi connectivity index (χ2n) is 5.57. The fraction of sp³-hybridized carbons (Fsp3) is 0.176. The van der Waals surface area contributed by atoms with E-state index in [9.17, 15) is 4.79 Å². The molecule has 0 fully saturated rings. The van der Waals surface area contributed by atoms with Crippen molar-refractivity contribution in [2.24, 2.45) is 0 Å². The number of carbonyl (C=O) groups excluding carboxylic acids is 1. The summed E-state index contributed by atoms with van der Waals surface area (Å²) in [5, 5.41) is 6.80. The van der Waals surface area contributed by atoms with Gasteiger partial charge in [0.05, 0.1) is 12.4 Å². The molecule has 1 N–H and O–H groups in total. The van der Waals surface area contributed by atoms with Crippen molar-refractivity contribution in [3.8, 4) is 0 Å². The molecular formula is C17H15N5O2. The fourth-order valence-corrected chi connectivity index (χ4v) is 2.75. The van der Waals surface area contributed by atoms with E-state index in [1.54, 1.807) is 17.9 Å². The van der Waals surface area contributed by atoms with Crippen LogP contribution in [0, 0.1) is 6.92 Å². The minimum Gasteiger partial charge on any atom is -0.360 e. The van der Waals surface area contributed by atoms with Crippen molar-refractivity contribution in [2.75, 3.05) is 16.8 Å². The molecule has 3 aromatic rings. The van der Waals surface area contributed by atoms with Gasteiger partial charge in [0, 0.05) is 18.3 Å². The molecule has 3 heterocycles. The number of para-hydroxylation sites is 1. The van der Waals surface area contributed by atoms with Gasteiger partial charge in [0.25, 0.3) is 5.91 Å². The van der Waals surface area contributed by atoms with Crippen LogP contribution in [-0.4, -0.2) is 27.6 Å². The highest BCUT2D eigenvalue weighted by molar-refractivity contribution is 6.05. The molecule has 0 unspecified atom stereocenters. The molecule has 1 aliphatic rings. The lowest BCUT2D eigenvalue weighted by Gasteiger charge is -2.16. The van der Waals surface area contributed by atoms with Crippen molar-refractivity contribution in [1.82, 2.24) is 15.1 Å². The second-order valence-corrected chi connectivity index (χ2v) is 5.57. The van der Waals surface area contributed by atoms with Gasteiger partial charge in [-0.3, -0.25) is 4.79 Å². The SMILES string of the molecule is Cc1cc(Nc2cnc(C(=O)N3CCc4ccccc43)cn2)no1. The van der Waals surface area contributed by atoms with Crippen molar-refractivity contribution in [1.29, 1.82) is 0 Å². The predicted octanol–water partition coefficient (Wildman–Crippen LogP) is 2.72. The zero-order chi connectivity index (χ0) is 16.5. The highest BCUT2D eigenvalue weighted by Gasteiger charge is 2.26. The third kappa shape index (κ3) is 2.60. The largest absolute Gasteiger partial charge is 0.360 e. The van der Waals surface area contributed by atoms with Crippen molar-refractivity contribution in [2.45, 2.75) is 13.3 Å². The average Bonchev–Trinajstić information content (AvgIpc) is 3.21. The van der Waals surface area contributed by atoms with E-state index in [4.69, 9.17) is 4.52 Å². The first-order valence-electron chi connectivity index (χ1n) is 7.63. The van der Waals surface area contributed by atoms with Crippen LogP contribution in [0.1, 0.15) is 21.8 Å². The Morgan fingerprint density at radius 1 is 1.21 bits per heavy atom. The number of rotatable bonds is 3. The van der Waals surface area contributed by atoms with E-state index in [1.807, 2.05) is 24.3 Å². The Balaban J connectivity index is 1.52. The van der Waals surface area contributed by atoms with Gasteiger partial charge >= 0.3 is 0 Å². The van der Waals surface area contributed by atoms with E-state index in [2.05, 4.69) is 20.4 Å². The van der Waals surface area contributed by atoms with Gasteiger partial charge in [-0.2, -0.15) is 0 Å². The molecule has 1 amide bonds. The maximum Gasteiger partial charge on any atom is 0.278 e. The molecule has 0 aliphatic carbocycles. The van der Waals surface area contributed by atoms with E-state index in [-0.39, 0.29) is 5.91 Å². The van der Waals surface area contributed by atoms with Gasteiger partial charge in [-0.1, -0.05) is 23.4 Å². The Morgan fingerprint density at radius 3 is 2.83 bits per heavy atom. The number of aromatic nitrogens is 3. The summed E-state index contributed by atoms with van der Waals surface area (Å²) in [5.41, 5.74) is 2.44. The molecule has 0 spiro atoms. The minimum absolute atomic E-state index is 0.142. The van der Waals surface area contributed by atoms with Crippen LogP contribution in [-0.2, 0) is 6.42 Å². The van der Waals surface area contributed by atoms with Crippen LogP contribution in [0.4, 0.5) is 17.3 Å².